The number of anilines is 3. The second kappa shape index (κ2) is 14.4. The molecule has 1 unspecified atom stereocenters. The van der Waals surface area contributed by atoms with E-state index in [1.807, 2.05) is 0 Å². The Hall–Kier alpha value is -4.70. The van der Waals surface area contributed by atoms with E-state index in [4.69, 9.17) is 0 Å². The Bertz CT molecular complexity index is 2750. The molecular formula is C58H57Br2N. The molecule has 0 saturated heterocycles. The van der Waals surface area contributed by atoms with Gasteiger partial charge in [0.1, 0.15) is 0 Å². The molecule has 7 aromatic rings. The van der Waals surface area contributed by atoms with Gasteiger partial charge in [0, 0.05) is 31.4 Å². The molecule has 0 radical (unpaired) electrons. The highest BCUT2D eigenvalue weighted by molar-refractivity contribution is 9.10. The molecule has 3 heteroatoms. The number of hydrogen-bond donors (Lipinski definition) is 0. The molecule has 61 heavy (non-hydrogen) atoms. The highest BCUT2D eigenvalue weighted by atomic mass is 79.9. The zero-order valence-electron chi connectivity index (χ0n) is 37.6. The quantitative estimate of drug-likeness (QED) is 0.166. The first-order valence-electron chi connectivity index (χ1n) is 21.7. The topological polar surface area (TPSA) is 3.24 Å². The number of benzene rings is 7. The number of fused-ring (bicyclic) bond motifs is 7. The first-order chi connectivity index (χ1) is 28.7. The third kappa shape index (κ3) is 6.68. The van der Waals surface area contributed by atoms with Crippen LogP contribution in [-0.4, -0.2) is 0 Å². The molecule has 2 aliphatic carbocycles. The summed E-state index contributed by atoms with van der Waals surface area (Å²) in [4.78, 5) is 2.41. The Labute approximate surface area is 381 Å². The maximum absolute atomic E-state index is 4.23. The molecule has 0 bridgehead atoms. The molecule has 1 atom stereocenters. The van der Waals surface area contributed by atoms with Gasteiger partial charge in [-0.3, -0.25) is 0 Å². The second-order valence-corrected chi connectivity index (χ2v) is 22.7. The fourth-order valence-corrected chi connectivity index (χ4v) is 11.5. The molecule has 9 rings (SSSR count). The SMILES string of the molecule is CC(C)(C)c1ccc(N(c2ccc(C(C)(C)C)cc2)c2ccc(C3(c4ccc(C(C)(C)C)cc4)c4cc(Br)ccc4-c4c3cc(Br)c3c4-c4ccccc4C3(C)C)cc2)cc1. The van der Waals surface area contributed by atoms with Crippen LogP contribution in [0.4, 0.5) is 17.1 Å². The summed E-state index contributed by atoms with van der Waals surface area (Å²) in [6.45, 7) is 25.3. The predicted octanol–water partition coefficient (Wildman–Crippen LogP) is 17.2. The van der Waals surface area contributed by atoms with Crippen LogP contribution >= 0.6 is 31.9 Å². The van der Waals surface area contributed by atoms with E-state index >= 15 is 0 Å². The minimum atomic E-state index is -0.601. The molecule has 7 aromatic carbocycles. The number of nitrogens with zero attached hydrogens (tertiary/aromatic N) is 1. The predicted molar refractivity (Wildman–Crippen MR) is 267 cm³/mol. The minimum absolute atomic E-state index is 0.0284. The summed E-state index contributed by atoms with van der Waals surface area (Å²) in [5.74, 6) is 0. The van der Waals surface area contributed by atoms with Gasteiger partial charge in [-0.2, -0.15) is 0 Å². The molecule has 2 aliphatic rings. The van der Waals surface area contributed by atoms with Crippen LogP contribution in [0.1, 0.15) is 126 Å². The van der Waals surface area contributed by atoms with Crippen LogP contribution in [-0.2, 0) is 27.1 Å². The van der Waals surface area contributed by atoms with Crippen LogP contribution in [0.25, 0.3) is 22.3 Å². The van der Waals surface area contributed by atoms with E-state index in [0.717, 1.165) is 26.0 Å². The Morgan fingerprint density at radius 3 is 1.34 bits per heavy atom. The Kier molecular flexibility index (Phi) is 9.85. The van der Waals surface area contributed by atoms with Gasteiger partial charge in [0.05, 0.1) is 5.41 Å². The standard InChI is InChI=1S/C58H57Br2N/c1-54(2,3)36-16-18-39(19-17-36)58(48-34-41(59)26-33-46(48)51-49(58)35-50(60)53-52(51)45-14-12-13-15-47(45)57(53,10)11)40-24-31-44(32-25-40)61(42-27-20-37(21-28-42)55(4,5)6)43-29-22-38(23-30-43)56(7,8)9/h12-35H,1-11H3. The third-order valence-electron chi connectivity index (χ3n) is 13.6. The molecule has 0 amide bonds. The van der Waals surface area contributed by atoms with Gasteiger partial charge in [0.15, 0.2) is 0 Å². The molecule has 0 saturated carbocycles. The average molecular weight is 928 g/mol. The lowest BCUT2D eigenvalue weighted by Crippen LogP contribution is -2.29. The van der Waals surface area contributed by atoms with Crippen molar-refractivity contribution in [2.45, 2.75) is 103 Å². The largest absolute Gasteiger partial charge is 0.311 e. The fraction of sp³-hybridized carbons (Fsp3) is 0.276. The van der Waals surface area contributed by atoms with E-state index in [0.29, 0.717) is 0 Å². The van der Waals surface area contributed by atoms with E-state index in [1.54, 1.807) is 0 Å². The van der Waals surface area contributed by atoms with Crippen molar-refractivity contribution >= 4 is 48.9 Å². The normalized spacial score (nSPS) is 16.5. The summed E-state index contributed by atoms with van der Waals surface area (Å²) >= 11 is 8.20. The molecule has 0 heterocycles. The first-order valence-corrected chi connectivity index (χ1v) is 23.3. The van der Waals surface area contributed by atoms with Gasteiger partial charge in [-0.05, 0) is 143 Å². The van der Waals surface area contributed by atoms with E-state index < -0.39 is 5.41 Å². The van der Waals surface area contributed by atoms with Gasteiger partial charge < -0.3 is 4.90 Å². The second-order valence-electron chi connectivity index (χ2n) is 20.9. The summed E-state index contributed by atoms with van der Waals surface area (Å²) in [6, 6.07) is 55.7. The Morgan fingerprint density at radius 1 is 0.426 bits per heavy atom. The average Bonchev–Trinajstić information content (AvgIpc) is 3.63. The van der Waals surface area contributed by atoms with E-state index in [-0.39, 0.29) is 21.7 Å². The maximum atomic E-state index is 4.23. The number of rotatable bonds is 5. The maximum Gasteiger partial charge on any atom is 0.0714 e. The van der Waals surface area contributed by atoms with Gasteiger partial charge >= 0.3 is 0 Å². The van der Waals surface area contributed by atoms with Crippen LogP contribution < -0.4 is 4.90 Å². The van der Waals surface area contributed by atoms with Crippen molar-refractivity contribution in [1.82, 2.24) is 0 Å². The van der Waals surface area contributed by atoms with Crippen LogP contribution in [0.2, 0.25) is 0 Å². The van der Waals surface area contributed by atoms with Gasteiger partial charge in [-0.25, -0.2) is 0 Å². The van der Waals surface area contributed by atoms with E-state index in [2.05, 4.69) is 259 Å². The van der Waals surface area contributed by atoms with Gasteiger partial charge in [-0.1, -0.05) is 199 Å². The van der Waals surface area contributed by atoms with Crippen LogP contribution in [0, 0.1) is 0 Å². The molecule has 1 nitrogen and oxygen atoms in total. The molecule has 0 aromatic heterocycles. The summed E-state index contributed by atoms with van der Waals surface area (Å²) < 4.78 is 2.23. The van der Waals surface area contributed by atoms with Crippen molar-refractivity contribution in [3.63, 3.8) is 0 Å². The van der Waals surface area contributed by atoms with Crippen molar-refractivity contribution in [3.05, 3.63) is 205 Å². The van der Waals surface area contributed by atoms with Crippen LogP contribution in [0.5, 0.6) is 0 Å². The smallest absolute Gasteiger partial charge is 0.0714 e. The number of halogens is 2. The lowest BCUT2D eigenvalue weighted by Gasteiger charge is -2.36. The van der Waals surface area contributed by atoms with Crippen molar-refractivity contribution in [2.75, 3.05) is 4.90 Å². The summed E-state index contributed by atoms with van der Waals surface area (Å²) in [5.41, 5.74) is 19.9. The zero-order chi connectivity index (χ0) is 43.4. The molecule has 308 valence electrons. The zero-order valence-corrected chi connectivity index (χ0v) is 40.7. The Morgan fingerprint density at radius 2 is 0.852 bits per heavy atom. The molecule has 0 aliphatic heterocycles. The van der Waals surface area contributed by atoms with Gasteiger partial charge in [0.25, 0.3) is 0 Å². The third-order valence-corrected chi connectivity index (χ3v) is 14.7. The van der Waals surface area contributed by atoms with Crippen molar-refractivity contribution in [2.24, 2.45) is 0 Å². The monoisotopic (exact) mass is 925 g/mol. The van der Waals surface area contributed by atoms with Crippen molar-refractivity contribution in [3.8, 4) is 22.3 Å². The summed E-state index contributed by atoms with van der Waals surface area (Å²) in [7, 11) is 0. The minimum Gasteiger partial charge on any atom is -0.311 e. The lowest BCUT2D eigenvalue weighted by molar-refractivity contribution is 0.589. The first kappa shape index (κ1) is 41.6. The highest BCUT2D eigenvalue weighted by Crippen LogP contribution is 2.64. The van der Waals surface area contributed by atoms with Gasteiger partial charge in [-0.15, -0.1) is 0 Å². The molecule has 0 spiro atoms. The van der Waals surface area contributed by atoms with E-state index in [1.165, 1.54) is 72.3 Å². The summed E-state index contributed by atoms with van der Waals surface area (Å²) in [5, 5.41) is 0. The van der Waals surface area contributed by atoms with Crippen molar-refractivity contribution in [1.29, 1.82) is 0 Å². The molecule has 0 fully saturated rings. The fourth-order valence-electron chi connectivity index (χ4n) is 10.2. The Balaban J connectivity index is 1.31. The number of hydrogen-bond acceptors (Lipinski definition) is 1. The summed E-state index contributed by atoms with van der Waals surface area (Å²) in [6.07, 6.45) is 0. The van der Waals surface area contributed by atoms with Crippen LogP contribution in [0.3, 0.4) is 0 Å². The highest BCUT2D eigenvalue weighted by Gasteiger charge is 2.50. The molecular weight excluding hydrogens is 870 g/mol. The van der Waals surface area contributed by atoms with Crippen LogP contribution in [0.15, 0.2) is 155 Å². The van der Waals surface area contributed by atoms with E-state index in [9.17, 15) is 0 Å². The van der Waals surface area contributed by atoms with Crippen molar-refractivity contribution < 1.29 is 0 Å². The lowest BCUT2D eigenvalue weighted by atomic mass is 9.67. The van der Waals surface area contributed by atoms with Gasteiger partial charge in [0.2, 0.25) is 0 Å². The molecule has 0 N–H and O–H groups in total.